The standard InChI is InChI=1S/C20H21N3O3S2/c1-22(2)16-6-4-14(5-7-16)10-23(3)18(24)11-26-20(25)17-13-28-19(21-17)15-8-9-27-12-15/h4-9,12-13H,10-11H2,1-3H3. The molecule has 3 aromatic rings. The van der Waals surface area contributed by atoms with E-state index in [0.717, 1.165) is 21.8 Å². The lowest BCUT2D eigenvalue weighted by Crippen LogP contribution is -2.30. The van der Waals surface area contributed by atoms with Crippen molar-refractivity contribution in [3.8, 4) is 10.6 Å². The van der Waals surface area contributed by atoms with E-state index in [1.807, 2.05) is 60.1 Å². The van der Waals surface area contributed by atoms with E-state index in [1.54, 1.807) is 23.8 Å². The summed E-state index contributed by atoms with van der Waals surface area (Å²) in [4.78, 5) is 32.3. The number of benzene rings is 1. The fourth-order valence-corrected chi connectivity index (χ4v) is 3.96. The van der Waals surface area contributed by atoms with Gasteiger partial charge >= 0.3 is 5.97 Å². The van der Waals surface area contributed by atoms with E-state index in [0.29, 0.717) is 6.54 Å². The third kappa shape index (κ3) is 4.96. The van der Waals surface area contributed by atoms with Gasteiger partial charge in [0, 0.05) is 49.7 Å². The van der Waals surface area contributed by atoms with Crippen LogP contribution in [0, 0.1) is 0 Å². The molecule has 0 unspecified atom stereocenters. The van der Waals surface area contributed by atoms with Crippen LogP contribution in [0.4, 0.5) is 5.69 Å². The molecule has 0 atom stereocenters. The van der Waals surface area contributed by atoms with Crippen LogP contribution in [0.2, 0.25) is 0 Å². The number of rotatable bonds is 7. The highest BCUT2D eigenvalue weighted by molar-refractivity contribution is 7.14. The van der Waals surface area contributed by atoms with E-state index < -0.39 is 5.97 Å². The summed E-state index contributed by atoms with van der Waals surface area (Å²) in [5.41, 5.74) is 3.30. The van der Waals surface area contributed by atoms with Gasteiger partial charge in [0.05, 0.1) is 0 Å². The molecule has 0 saturated heterocycles. The Hall–Kier alpha value is -2.71. The summed E-state index contributed by atoms with van der Waals surface area (Å²) in [7, 11) is 5.64. The SMILES string of the molecule is CN(Cc1ccc(N(C)C)cc1)C(=O)COC(=O)c1csc(-c2ccsc2)n1. The molecule has 3 rings (SSSR count). The quantitative estimate of drug-likeness (QED) is 0.550. The van der Waals surface area contributed by atoms with Gasteiger partial charge in [0.1, 0.15) is 5.01 Å². The van der Waals surface area contributed by atoms with Crippen LogP contribution < -0.4 is 4.90 Å². The average molecular weight is 416 g/mol. The third-order valence-electron chi connectivity index (χ3n) is 4.11. The first kappa shape index (κ1) is 20.0. The van der Waals surface area contributed by atoms with E-state index in [-0.39, 0.29) is 18.2 Å². The third-order valence-corrected chi connectivity index (χ3v) is 5.68. The van der Waals surface area contributed by atoms with E-state index >= 15 is 0 Å². The zero-order valence-electron chi connectivity index (χ0n) is 15.9. The van der Waals surface area contributed by atoms with Gasteiger partial charge in [0.2, 0.25) is 0 Å². The maximum Gasteiger partial charge on any atom is 0.358 e. The number of hydrogen-bond donors (Lipinski definition) is 0. The Morgan fingerprint density at radius 2 is 1.82 bits per heavy atom. The van der Waals surface area contributed by atoms with Gasteiger partial charge in [-0.15, -0.1) is 11.3 Å². The van der Waals surface area contributed by atoms with Crippen LogP contribution in [0.15, 0.2) is 46.5 Å². The maximum absolute atomic E-state index is 12.3. The Morgan fingerprint density at radius 1 is 1.07 bits per heavy atom. The summed E-state index contributed by atoms with van der Waals surface area (Å²) < 4.78 is 5.14. The number of thiophene rings is 1. The molecule has 0 aliphatic carbocycles. The number of amides is 1. The molecular weight excluding hydrogens is 394 g/mol. The molecule has 0 aliphatic rings. The molecule has 0 spiro atoms. The summed E-state index contributed by atoms with van der Waals surface area (Å²) in [6.07, 6.45) is 0. The first-order chi connectivity index (χ1) is 13.4. The first-order valence-corrected chi connectivity index (χ1v) is 10.4. The fraction of sp³-hybridized carbons (Fsp3) is 0.250. The summed E-state index contributed by atoms with van der Waals surface area (Å²) in [5, 5.41) is 6.34. The number of esters is 1. The van der Waals surface area contributed by atoms with E-state index in [2.05, 4.69) is 4.98 Å². The minimum atomic E-state index is -0.588. The predicted molar refractivity (Wildman–Crippen MR) is 113 cm³/mol. The Bertz CT molecular complexity index is 934. The average Bonchev–Trinajstić information content (AvgIpc) is 3.37. The van der Waals surface area contributed by atoms with Gasteiger partial charge in [-0.3, -0.25) is 4.79 Å². The molecule has 0 aliphatic heterocycles. The molecule has 0 radical (unpaired) electrons. The van der Waals surface area contributed by atoms with Crippen LogP contribution in [0.3, 0.4) is 0 Å². The Balaban J connectivity index is 1.51. The Labute approximate surface area is 172 Å². The van der Waals surface area contributed by atoms with Crippen molar-refractivity contribution in [1.82, 2.24) is 9.88 Å². The van der Waals surface area contributed by atoms with Crippen molar-refractivity contribution in [2.45, 2.75) is 6.54 Å². The predicted octanol–water partition coefficient (Wildman–Crippen LogP) is 3.75. The second kappa shape index (κ2) is 8.99. The van der Waals surface area contributed by atoms with Gasteiger partial charge < -0.3 is 14.5 Å². The Kier molecular flexibility index (Phi) is 6.43. The summed E-state index contributed by atoms with van der Waals surface area (Å²) >= 11 is 2.95. The van der Waals surface area contributed by atoms with Crippen molar-refractivity contribution in [3.05, 3.63) is 57.7 Å². The topological polar surface area (TPSA) is 62.7 Å². The van der Waals surface area contributed by atoms with Crippen LogP contribution in [0.5, 0.6) is 0 Å². The molecule has 0 fully saturated rings. The minimum Gasteiger partial charge on any atom is -0.451 e. The number of ether oxygens (including phenoxy) is 1. The number of likely N-dealkylation sites (N-methyl/N-ethyl adjacent to an activating group) is 1. The van der Waals surface area contributed by atoms with Crippen LogP contribution in [-0.4, -0.2) is 49.5 Å². The molecule has 1 amide bonds. The minimum absolute atomic E-state index is 0.223. The monoisotopic (exact) mass is 415 g/mol. The van der Waals surface area contributed by atoms with E-state index in [9.17, 15) is 9.59 Å². The molecule has 8 heteroatoms. The molecular formula is C20H21N3O3S2. The largest absolute Gasteiger partial charge is 0.451 e. The van der Waals surface area contributed by atoms with Gasteiger partial charge in [-0.05, 0) is 29.1 Å². The Morgan fingerprint density at radius 3 is 2.46 bits per heavy atom. The van der Waals surface area contributed by atoms with Gasteiger partial charge in [-0.2, -0.15) is 11.3 Å². The number of nitrogens with zero attached hydrogens (tertiary/aromatic N) is 3. The first-order valence-electron chi connectivity index (χ1n) is 8.59. The van der Waals surface area contributed by atoms with E-state index in [1.165, 1.54) is 16.2 Å². The molecule has 28 heavy (non-hydrogen) atoms. The molecule has 0 saturated carbocycles. The summed E-state index contributed by atoms with van der Waals surface area (Å²) in [5.74, 6) is -0.854. The van der Waals surface area contributed by atoms with Crippen molar-refractivity contribution in [2.24, 2.45) is 0 Å². The lowest BCUT2D eigenvalue weighted by atomic mass is 10.2. The molecule has 6 nitrogen and oxygen atoms in total. The number of carbonyl (C=O) groups is 2. The number of hydrogen-bond acceptors (Lipinski definition) is 7. The maximum atomic E-state index is 12.3. The molecule has 1 aromatic carbocycles. The van der Waals surface area contributed by atoms with Crippen LogP contribution in [0.25, 0.3) is 10.6 Å². The molecule has 0 bridgehead atoms. The lowest BCUT2D eigenvalue weighted by molar-refractivity contribution is -0.133. The van der Waals surface area contributed by atoms with Crippen LogP contribution in [-0.2, 0) is 16.1 Å². The zero-order valence-corrected chi connectivity index (χ0v) is 17.5. The summed E-state index contributed by atoms with van der Waals surface area (Å²) in [6, 6.07) is 9.91. The van der Waals surface area contributed by atoms with E-state index in [4.69, 9.17) is 4.74 Å². The van der Waals surface area contributed by atoms with Crippen molar-refractivity contribution in [1.29, 1.82) is 0 Å². The van der Waals surface area contributed by atoms with Crippen LogP contribution in [0.1, 0.15) is 16.1 Å². The zero-order chi connectivity index (χ0) is 20.1. The molecule has 2 aromatic heterocycles. The molecule has 146 valence electrons. The number of anilines is 1. The van der Waals surface area contributed by atoms with Gasteiger partial charge in [-0.25, -0.2) is 9.78 Å². The summed E-state index contributed by atoms with van der Waals surface area (Å²) in [6.45, 7) is 0.138. The second-order valence-corrected chi connectivity index (χ2v) is 8.07. The van der Waals surface area contributed by atoms with Crippen molar-refractivity contribution in [3.63, 3.8) is 0 Å². The molecule has 0 N–H and O–H groups in total. The van der Waals surface area contributed by atoms with Gasteiger partial charge in [-0.1, -0.05) is 12.1 Å². The van der Waals surface area contributed by atoms with Crippen molar-refractivity contribution in [2.75, 3.05) is 32.6 Å². The number of thiazole rings is 1. The van der Waals surface area contributed by atoms with Crippen molar-refractivity contribution >= 4 is 40.2 Å². The highest BCUT2D eigenvalue weighted by Gasteiger charge is 2.17. The fourth-order valence-electron chi connectivity index (χ4n) is 2.46. The smallest absolute Gasteiger partial charge is 0.358 e. The number of aromatic nitrogens is 1. The number of carbonyl (C=O) groups excluding carboxylic acids is 2. The highest BCUT2D eigenvalue weighted by atomic mass is 32.1. The lowest BCUT2D eigenvalue weighted by Gasteiger charge is -2.18. The highest BCUT2D eigenvalue weighted by Crippen LogP contribution is 2.25. The second-order valence-electron chi connectivity index (χ2n) is 6.44. The van der Waals surface area contributed by atoms with Crippen LogP contribution >= 0.6 is 22.7 Å². The van der Waals surface area contributed by atoms with Gasteiger partial charge in [0.25, 0.3) is 5.91 Å². The van der Waals surface area contributed by atoms with Gasteiger partial charge in [0.15, 0.2) is 12.3 Å². The normalized spacial score (nSPS) is 10.5. The van der Waals surface area contributed by atoms with Crippen molar-refractivity contribution < 1.29 is 14.3 Å². The molecule has 2 heterocycles.